The van der Waals surface area contributed by atoms with Gasteiger partial charge < -0.3 is 0 Å². The molecule has 0 bridgehead atoms. The molecule has 2 atom stereocenters. The van der Waals surface area contributed by atoms with Crippen LogP contribution in [0, 0.1) is 11.4 Å². The maximum Gasteiger partial charge on any atom is 0.220 e. The first kappa shape index (κ1) is 13.0. The Balaban J connectivity index is 2.02. The number of hydrogen-bond donors (Lipinski definition) is 0. The molecule has 7 heteroatoms. The topological polar surface area (TPSA) is 47.0 Å². The first-order chi connectivity index (χ1) is 8.87. The number of nitrogens with zero attached hydrogens (tertiary/aromatic N) is 1. The standard InChI is InChI=1S/C12H8ClF2NO2S/c13-6-1-7(10(14)16-3-6)12(15)5-11(2-8(11)17)9(18)4-19-12/h1,3H,2,4-5H2. The lowest BCUT2D eigenvalue weighted by Gasteiger charge is -2.32. The maximum atomic E-state index is 14.9. The highest BCUT2D eigenvalue weighted by atomic mass is 35.5. The van der Waals surface area contributed by atoms with Crippen molar-refractivity contribution in [2.24, 2.45) is 5.41 Å². The van der Waals surface area contributed by atoms with Gasteiger partial charge in [-0.15, -0.1) is 11.8 Å². The molecule has 1 aliphatic heterocycles. The predicted molar refractivity (Wildman–Crippen MR) is 66.1 cm³/mol. The van der Waals surface area contributed by atoms with Gasteiger partial charge in [0.25, 0.3) is 0 Å². The molecule has 1 aromatic rings. The molecule has 100 valence electrons. The normalized spacial score (nSPS) is 33.8. The highest BCUT2D eigenvalue weighted by Gasteiger charge is 2.66. The van der Waals surface area contributed by atoms with Crippen molar-refractivity contribution in [3.05, 3.63) is 28.8 Å². The molecule has 3 rings (SSSR count). The molecule has 0 radical (unpaired) electrons. The fraction of sp³-hybridized carbons (Fsp3) is 0.417. The lowest BCUT2D eigenvalue weighted by atomic mass is 9.91. The molecule has 2 fully saturated rings. The van der Waals surface area contributed by atoms with Gasteiger partial charge in [-0.2, -0.15) is 4.39 Å². The second kappa shape index (κ2) is 3.99. The molecule has 3 nitrogen and oxygen atoms in total. The number of thioether (sulfide) groups is 1. The minimum atomic E-state index is -2.14. The number of aromatic nitrogens is 1. The lowest BCUT2D eigenvalue weighted by Crippen LogP contribution is -2.36. The van der Waals surface area contributed by atoms with Gasteiger partial charge in [-0.05, 0) is 6.07 Å². The Labute approximate surface area is 116 Å². The zero-order chi connectivity index (χ0) is 13.8. The van der Waals surface area contributed by atoms with Crippen LogP contribution in [0.3, 0.4) is 0 Å². The second-order valence-corrected chi connectivity index (χ2v) is 6.45. The van der Waals surface area contributed by atoms with Gasteiger partial charge in [0, 0.05) is 19.0 Å². The molecule has 2 aliphatic rings. The number of hydrogen-bond acceptors (Lipinski definition) is 4. The van der Waals surface area contributed by atoms with Crippen molar-refractivity contribution in [3.8, 4) is 0 Å². The molecule has 2 unspecified atom stereocenters. The van der Waals surface area contributed by atoms with Gasteiger partial charge in [0.1, 0.15) is 5.78 Å². The van der Waals surface area contributed by atoms with E-state index < -0.39 is 16.4 Å². The Morgan fingerprint density at radius 3 is 2.68 bits per heavy atom. The maximum absolute atomic E-state index is 14.9. The van der Waals surface area contributed by atoms with Crippen LogP contribution >= 0.6 is 23.4 Å². The summed E-state index contributed by atoms with van der Waals surface area (Å²) < 4.78 is 28.6. The summed E-state index contributed by atoms with van der Waals surface area (Å²) in [6.07, 6.45) is 0.801. The Morgan fingerprint density at radius 2 is 2.05 bits per heavy atom. The number of ketones is 2. The second-order valence-electron chi connectivity index (χ2n) is 4.79. The first-order valence-electron chi connectivity index (χ1n) is 5.58. The Morgan fingerprint density at radius 1 is 1.37 bits per heavy atom. The Bertz CT molecular complexity index is 611. The van der Waals surface area contributed by atoms with Crippen LogP contribution < -0.4 is 0 Å². The van der Waals surface area contributed by atoms with E-state index in [0.29, 0.717) is 11.8 Å². The van der Waals surface area contributed by atoms with E-state index in [1.54, 1.807) is 0 Å². The van der Waals surface area contributed by atoms with Gasteiger partial charge >= 0.3 is 0 Å². The van der Waals surface area contributed by atoms with E-state index in [2.05, 4.69) is 4.98 Å². The molecule has 0 amide bonds. The van der Waals surface area contributed by atoms with Crippen molar-refractivity contribution < 1.29 is 18.4 Å². The van der Waals surface area contributed by atoms with Crippen molar-refractivity contribution in [1.29, 1.82) is 0 Å². The van der Waals surface area contributed by atoms with Crippen molar-refractivity contribution in [1.82, 2.24) is 4.98 Å². The summed E-state index contributed by atoms with van der Waals surface area (Å²) in [6, 6.07) is 1.16. The highest BCUT2D eigenvalue weighted by molar-refractivity contribution is 8.00. The molecule has 0 N–H and O–H groups in total. The highest BCUT2D eigenvalue weighted by Crippen LogP contribution is 2.60. The van der Waals surface area contributed by atoms with Crippen molar-refractivity contribution in [2.45, 2.75) is 17.8 Å². The number of halogens is 3. The average molecular weight is 304 g/mol. The van der Waals surface area contributed by atoms with Crippen LogP contribution in [0.4, 0.5) is 8.78 Å². The third kappa shape index (κ3) is 1.89. The summed E-state index contributed by atoms with van der Waals surface area (Å²) in [7, 11) is 0. The SMILES string of the molecule is O=C1CSC(F)(c2cc(Cl)cnc2F)CC12CC2=O. The smallest absolute Gasteiger partial charge is 0.220 e. The van der Waals surface area contributed by atoms with Crippen LogP contribution in [0.2, 0.25) is 5.02 Å². The van der Waals surface area contributed by atoms with E-state index in [0.717, 1.165) is 12.3 Å². The Hall–Kier alpha value is -1.01. The molecular formula is C12H8ClF2NO2S. The lowest BCUT2D eigenvalue weighted by molar-refractivity contribution is -0.127. The third-order valence-corrected chi connectivity index (χ3v) is 5.01. The Kier molecular flexibility index (Phi) is 2.73. The fourth-order valence-corrected chi connectivity index (χ4v) is 3.80. The molecule has 1 aromatic heterocycles. The van der Waals surface area contributed by atoms with Crippen molar-refractivity contribution in [2.75, 3.05) is 5.75 Å². The fourth-order valence-electron chi connectivity index (χ4n) is 2.36. The number of carbonyl (C=O) groups is 2. The summed E-state index contributed by atoms with van der Waals surface area (Å²) in [6.45, 7) is 0. The van der Waals surface area contributed by atoms with Gasteiger partial charge in [0.05, 0.1) is 21.8 Å². The minimum Gasteiger partial charge on any atom is -0.299 e. The molecule has 19 heavy (non-hydrogen) atoms. The zero-order valence-corrected chi connectivity index (χ0v) is 11.2. The number of alkyl halides is 1. The van der Waals surface area contributed by atoms with Gasteiger partial charge in [0.15, 0.2) is 10.8 Å². The van der Waals surface area contributed by atoms with Gasteiger partial charge in [0.2, 0.25) is 5.95 Å². The molecule has 1 aliphatic carbocycles. The monoisotopic (exact) mass is 303 g/mol. The van der Waals surface area contributed by atoms with Crippen LogP contribution in [0.25, 0.3) is 0 Å². The predicted octanol–water partition coefficient (Wildman–Crippen LogP) is 2.66. The summed E-state index contributed by atoms with van der Waals surface area (Å²) in [5.74, 6) is -1.65. The van der Waals surface area contributed by atoms with E-state index in [1.807, 2.05) is 0 Å². The van der Waals surface area contributed by atoms with E-state index >= 15 is 0 Å². The zero-order valence-electron chi connectivity index (χ0n) is 9.58. The van der Waals surface area contributed by atoms with Crippen LogP contribution in [-0.2, 0) is 14.6 Å². The van der Waals surface area contributed by atoms with Crippen LogP contribution in [-0.4, -0.2) is 22.3 Å². The largest absolute Gasteiger partial charge is 0.299 e. The number of pyridine rings is 1. The summed E-state index contributed by atoms with van der Waals surface area (Å²) in [4.78, 5) is 26.5. The number of carbonyl (C=O) groups excluding carboxylic acids is 2. The third-order valence-electron chi connectivity index (χ3n) is 3.57. The van der Waals surface area contributed by atoms with Crippen LogP contribution in [0.15, 0.2) is 12.3 Å². The molecule has 1 saturated carbocycles. The van der Waals surface area contributed by atoms with Crippen molar-refractivity contribution >= 4 is 34.9 Å². The molecule has 1 saturated heterocycles. The molecule has 2 heterocycles. The van der Waals surface area contributed by atoms with Gasteiger partial charge in [-0.25, -0.2) is 9.37 Å². The van der Waals surface area contributed by atoms with Crippen molar-refractivity contribution in [3.63, 3.8) is 0 Å². The summed E-state index contributed by atoms with van der Waals surface area (Å²) in [5, 5.41) is -2.02. The minimum absolute atomic E-state index is 0.0493. The number of rotatable bonds is 1. The van der Waals surface area contributed by atoms with Crippen LogP contribution in [0.5, 0.6) is 0 Å². The average Bonchev–Trinajstić information content (AvgIpc) is 2.99. The molecule has 1 spiro atoms. The first-order valence-corrected chi connectivity index (χ1v) is 6.95. The van der Waals surface area contributed by atoms with Gasteiger partial charge in [-0.1, -0.05) is 11.6 Å². The van der Waals surface area contributed by atoms with E-state index in [1.165, 1.54) is 0 Å². The quantitative estimate of drug-likeness (QED) is 0.591. The summed E-state index contributed by atoms with van der Waals surface area (Å²) in [5.41, 5.74) is -1.54. The summed E-state index contributed by atoms with van der Waals surface area (Å²) >= 11 is 6.39. The van der Waals surface area contributed by atoms with Gasteiger partial charge in [-0.3, -0.25) is 9.59 Å². The van der Waals surface area contributed by atoms with E-state index in [-0.39, 0.29) is 40.7 Å². The van der Waals surface area contributed by atoms with E-state index in [9.17, 15) is 18.4 Å². The van der Waals surface area contributed by atoms with E-state index in [4.69, 9.17) is 11.6 Å². The number of Topliss-reactive ketones (excluding diaryl/α,β-unsaturated/α-hetero) is 2. The molecule has 0 aromatic carbocycles. The van der Waals surface area contributed by atoms with Crippen LogP contribution in [0.1, 0.15) is 18.4 Å². The molecular weight excluding hydrogens is 296 g/mol.